The number of hydrogen-bond donors (Lipinski definition) is 1. The third kappa shape index (κ3) is 4.86. The molecular weight excluding hydrogens is 346 g/mol. The molecule has 2 amide bonds. The van der Waals surface area contributed by atoms with Crippen molar-refractivity contribution >= 4 is 17.8 Å². The lowest BCUT2D eigenvalue weighted by Gasteiger charge is -2.35. The zero-order chi connectivity index (χ0) is 19.2. The monoisotopic (exact) mass is 373 g/mol. The van der Waals surface area contributed by atoms with Crippen molar-refractivity contribution in [1.82, 2.24) is 15.1 Å². The highest BCUT2D eigenvalue weighted by atomic mass is 16.5. The number of urea groups is 1. The van der Waals surface area contributed by atoms with Crippen LogP contribution in [0.5, 0.6) is 0 Å². The molecule has 146 valence electrons. The molecule has 7 heteroatoms. The van der Waals surface area contributed by atoms with Crippen LogP contribution in [0, 0.1) is 0 Å². The van der Waals surface area contributed by atoms with Crippen molar-refractivity contribution < 1.29 is 19.1 Å². The molecule has 0 radical (unpaired) electrons. The van der Waals surface area contributed by atoms with Crippen LogP contribution >= 0.6 is 0 Å². The largest absolute Gasteiger partial charge is 0.458 e. The maximum absolute atomic E-state index is 12.7. The van der Waals surface area contributed by atoms with Crippen LogP contribution in [0.25, 0.3) is 0 Å². The first-order valence-corrected chi connectivity index (χ1v) is 9.56. The predicted octanol–water partition coefficient (Wildman–Crippen LogP) is 1.91. The molecule has 2 aliphatic heterocycles. The van der Waals surface area contributed by atoms with Gasteiger partial charge in [-0.2, -0.15) is 0 Å². The van der Waals surface area contributed by atoms with Gasteiger partial charge in [0.15, 0.2) is 12.4 Å². The molecule has 2 saturated heterocycles. The summed E-state index contributed by atoms with van der Waals surface area (Å²) in [5.41, 5.74) is 1.05. The molecule has 1 unspecified atom stereocenters. The maximum Gasteiger partial charge on any atom is 0.318 e. The molecule has 0 spiro atoms. The normalized spacial score (nSPS) is 22.6. The van der Waals surface area contributed by atoms with E-state index in [1.54, 1.807) is 0 Å². The van der Waals surface area contributed by atoms with Gasteiger partial charge in [0.1, 0.15) is 0 Å². The second-order valence-corrected chi connectivity index (χ2v) is 7.10. The van der Waals surface area contributed by atoms with Crippen LogP contribution in [0.3, 0.4) is 0 Å². The van der Waals surface area contributed by atoms with E-state index in [-0.39, 0.29) is 30.6 Å². The van der Waals surface area contributed by atoms with E-state index in [4.69, 9.17) is 4.74 Å². The smallest absolute Gasteiger partial charge is 0.318 e. The number of Topliss-reactive ketones (excluding diaryl/α,β-unsaturated/α-hetero) is 1. The van der Waals surface area contributed by atoms with Crippen molar-refractivity contribution in [3.05, 3.63) is 35.9 Å². The van der Waals surface area contributed by atoms with Crippen molar-refractivity contribution in [2.24, 2.45) is 0 Å². The molecule has 2 atom stereocenters. The Kier molecular flexibility index (Phi) is 6.45. The first-order valence-electron chi connectivity index (χ1n) is 9.56. The van der Waals surface area contributed by atoms with Gasteiger partial charge in [-0.3, -0.25) is 14.5 Å². The van der Waals surface area contributed by atoms with Gasteiger partial charge in [-0.15, -0.1) is 0 Å². The summed E-state index contributed by atoms with van der Waals surface area (Å²) in [5.74, 6) is -0.532. The van der Waals surface area contributed by atoms with Crippen molar-refractivity contribution in [1.29, 1.82) is 0 Å². The number of carbonyl (C=O) groups is 3. The van der Waals surface area contributed by atoms with Gasteiger partial charge in [0.2, 0.25) is 0 Å². The van der Waals surface area contributed by atoms with Crippen LogP contribution in [0.2, 0.25) is 0 Å². The molecule has 27 heavy (non-hydrogen) atoms. The molecule has 1 N–H and O–H groups in total. The number of nitrogens with one attached hydrogen (secondary N) is 1. The SMILES string of the molecule is CC(=O)OCC(=O)[C@@H]1CCCN1C1CCCN1C(=O)NCc1ccccc1. The Hall–Kier alpha value is -2.41. The van der Waals surface area contributed by atoms with Crippen LogP contribution in [-0.2, 0) is 20.9 Å². The van der Waals surface area contributed by atoms with E-state index in [0.717, 1.165) is 37.8 Å². The molecule has 2 aliphatic rings. The van der Waals surface area contributed by atoms with Gasteiger partial charge in [0.25, 0.3) is 0 Å². The lowest BCUT2D eigenvalue weighted by molar-refractivity contribution is -0.147. The van der Waals surface area contributed by atoms with E-state index in [9.17, 15) is 14.4 Å². The summed E-state index contributed by atoms with van der Waals surface area (Å²) in [6, 6.07) is 9.42. The first kappa shape index (κ1) is 19.4. The van der Waals surface area contributed by atoms with Crippen LogP contribution in [-0.4, -0.2) is 59.5 Å². The van der Waals surface area contributed by atoms with E-state index in [2.05, 4.69) is 10.2 Å². The molecule has 0 saturated carbocycles. The summed E-state index contributed by atoms with van der Waals surface area (Å²) in [6.07, 6.45) is 3.36. The number of ether oxygens (including phenoxy) is 1. The van der Waals surface area contributed by atoms with E-state index >= 15 is 0 Å². The Bertz CT molecular complexity index is 679. The van der Waals surface area contributed by atoms with Crippen molar-refractivity contribution in [3.8, 4) is 0 Å². The predicted molar refractivity (Wildman–Crippen MR) is 99.8 cm³/mol. The highest BCUT2D eigenvalue weighted by Gasteiger charge is 2.41. The van der Waals surface area contributed by atoms with Gasteiger partial charge in [-0.25, -0.2) is 4.79 Å². The van der Waals surface area contributed by atoms with E-state index < -0.39 is 5.97 Å². The fraction of sp³-hybridized carbons (Fsp3) is 0.550. The first-order chi connectivity index (χ1) is 13.1. The summed E-state index contributed by atoms with van der Waals surface area (Å²) in [4.78, 5) is 40.1. The lowest BCUT2D eigenvalue weighted by Crippen LogP contribution is -2.54. The van der Waals surface area contributed by atoms with E-state index in [1.807, 2.05) is 35.2 Å². The van der Waals surface area contributed by atoms with Crippen LogP contribution in [0.1, 0.15) is 38.2 Å². The highest BCUT2D eigenvalue weighted by Crippen LogP contribution is 2.29. The molecule has 3 rings (SSSR count). The number of nitrogens with zero attached hydrogens (tertiary/aromatic N) is 2. The number of carbonyl (C=O) groups excluding carboxylic acids is 3. The minimum absolute atomic E-state index is 0.0745. The average molecular weight is 373 g/mol. The standard InChI is InChI=1S/C20H27N3O4/c1-15(24)27-14-18(25)17-9-5-11-22(17)19-10-6-12-23(19)20(26)21-13-16-7-3-2-4-8-16/h2-4,7-8,17,19H,5-6,9-14H2,1H3,(H,21,26)/t17-,19?/m0/s1. The molecule has 2 heterocycles. The van der Waals surface area contributed by atoms with Crippen molar-refractivity contribution in [2.45, 2.75) is 51.4 Å². The number of hydrogen-bond acceptors (Lipinski definition) is 5. The van der Waals surface area contributed by atoms with Gasteiger partial charge in [0, 0.05) is 26.6 Å². The fourth-order valence-corrected chi connectivity index (χ4v) is 3.97. The molecular formula is C20H27N3O4. The third-order valence-corrected chi connectivity index (χ3v) is 5.23. The number of likely N-dealkylation sites (tertiary alicyclic amines) is 2. The lowest BCUT2D eigenvalue weighted by atomic mass is 10.1. The molecule has 0 bridgehead atoms. The zero-order valence-electron chi connectivity index (χ0n) is 15.7. The number of amides is 2. The van der Waals surface area contributed by atoms with Gasteiger partial charge in [0.05, 0.1) is 12.2 Å². The summed E-state index contributed by atoms with van der Waals surface area (Å²) < 4.78 is 4.88. The molecule has 0 aromatic heterocycles. The minimum Gasteiger partial charge on any atom is -0.458 e. The van der Waals surface area contributed by atoms with Gasteiger partial charge in [-0.1, -0.05) is 30.3 Å². The summed E-state index contributed by atoms with van der Waals surface area (Å²) in [6.45, 7) is 3.06. The van der Waals surface area contributed by atoms with Gasteiger partial charge >= 0.3 is 12.0 Å². The maximum atomic E-state index is 12.7. The summed E-state index contributed by atoms with van der Waals surface area (Å²) in [7, 11) is 0. The Morgan fingerprint density at radius 3 is 2.59 bits per heavy atom. The molecule has 1 aromatic rings. The van der Waals surface area contributed by atoms with Crippen molar-refractivity contribution in [3.63, 3.8) is 0 Å². The Morgan fingerprint density at radius 1 is 1.11 bits per heavy atom. The van der Waals surface area contributed by atoms with Gasteiger partial charge in [-0.05, 0) is 31.2 Å². The zero-order valence-corrected chi connectivity index (χ0v) is 15.7. The Balaban J connectivity index is 1.59. The minimum atomic E-state index is -0.448. The number of benzene rings is 1. The van der Waals surface area contributed by atoms with Crippen LogP contribution in [0.4, 0.5) is 4.79 Å². The summed E-state index contributed by atoms with van der Waals surface area (Å²) in [5, 5.41) is 2.98. The fourth-order valence-electron chi connectivity index (χ4n) is 3.97. The van der Waals surface area contributed by atoms with Crippen molar-refractivity contribution in [2.75, 3.05) is 19.7 Å². The average Bonchev–Trinajstić information content (AvgIpc) is 3.33. The molecule has 0 aliphatic carbocycles. The van der Waals surface area contributed by atoms with E-state index in [0.29, 0.717) is 13.1 Å². The second kappa shape index (κ2) is 8.99. The quantitative estimate of drug-likeness (QED) is 0.771. The third-order valence-electron chi connectivity index (χ3n) is 5.23. The molecule has 7 nitrogen and oxygen atoms in total. The van der Waals surface area contributed by atoms with Crippen LogP contribution < -0.4 is 5.32 Å². The second-order valence-electron chi connectivity index (χ2n) is 7.10. The number of ketones is 1. The number of rotatable bonds is 6. The highest BCUT2D eigenvalue weighted by molar-refractivity contribution is 5.87. The van der Waals surface area contributed by atoms with E-state index in [1.165, 1.54) is 6.92 Å². The Morgan fingerprint density at radius 2 is 1.85 bits per heavy atom. The van der Waals surface area contributed by atoms with Crippen LogP contribution in [0.15, 0.2) is 30.3 Å². The molecule has 2 fully saturated rings. The molecule has 1 aromatic carbocycles. The topological polar surface area (TPSA) is 79.0 Å². The van der Waals surface area contributed by atoms with Gasteiger partial charge < -0.3 is 15.0 Å². The Labute approximate surface area is 159 Å². The summed E-state index contributed by atoms with van der Waals surface area (Å²) >= 11 is 0. The number of esters is 1.